The number of esters is 1. The number of hydrazone groups is 1. The number of carbonyl (C=O) groups excluding carboxylic acids is 2. The predicted molar refractivity (Wildman–Crippen MR) is 107 cm³/mol. The minimum absolute atomic E-state index is 0.219. The highest BCUT2D eigenvalue weighted by Crippen LogP contribution is 2.36. The monoisotopic (exact) mass is 424 g/mol. The van der Waals surface area contributed by atoms with Crippen LogP contribution in [-0.2, 0) is 9.53 Å². The first-order valence-corrected chi connectivity index (χ1v) is 8.95. The van der Waals surface area contributed by atoms with E-state index >= 15 is 0 Å². The third-order valence-electron chi connectivity index (χ3n) is 3.38. The van der Waals surface area contributed by atoms with Crippen molar-refractivity contribution in [2.45, 2.75) is 6.92 Å². The number of ether oxygens (including phenoxy) is 3. The lowest BCUT2D eigenvalue weighted by Gasteiger charge is -2.13. The number of methoxy groups -OCH3 is 1. The van der Waals surface area contributed by atoms with Gasteiger partial charge in [0.15, 0.2) is 18.1 Å². The van der Waals surface area contributed by atoms with Gasteiger partial charge in [0.25, 0.3) is 5.91 Å². The number of halogens is 2. The van der Waals surface area contributed by atoms with Crippen molar-refractivity contribution in [3.05, 3.63) is 57.6 Å². The molecule has 1 amide bonds. The van der Waals surface area contributed by atoms with Crippen molar-refractivity contribution >= 4 is 41.3 Å². The van der Waals surface area contributed by atoms with Gasteiger partial charge < -0.3 is 14.2 Å². The summed E-state index contributed by atoms with van der Waals surface area (Å²) < 4.78 is 15.4. The highest BCUT2D eigenvalue weighted by Gasteiger charge is 2.14. The molecule has 28 heavy (non-hydrogen) atoms. The van der Waals surface area contributed by atoms with Gasteiger partial charge in [0.1, 0.15) is 0 Å². The summed E-state index contributed by atoms with van der Waals surface area (Å²) in [6, 6.07) is 9.59. The van der Waals surface area contributed by atoms with Crippen LogP contribution in [0, 0.1) is 0 Å². The van der Waals surface area contributed by atoms with E-state index in [4.69, 9.17) is 32.7 Å². The molecule has 0 radical (unpaired) electrons. The number of hydrogen-bond donors (Lipinski definition) is 1. The van der Waals surface area contributed by atoms with Crippen molar-refractivity contribution in [1.82, 2.24) is 5.43 Å². The molecule has 2 aromatic carbocycles. The molecule has 2 rings (SSSR count). The lowest BCUT2D eigenvalue weighted by atomic mass is 10.2. The smallest absolute Gasteiger partial charge is 0.343 e. The minimum Gasteiger partial charge on any atom is -0.490 e. The maximum absolute atomic E-state index is 12.0. The molecular weight excluding hydrogens is 407 g/mol. The van der Waals surface area contributed by atoms with Crippen molar-refractivity contribution in [1.29, 1.82) is 0 Å². The Kier molecular flexibility index (Phi) is 8.10. The molecule has 9 heteroatoms. The molecule has 7 nitrogen and oxygen atoms in total. The summed E-state index contributed by atoms with van der Waals surface area (Å²) >= 11 is 12.0. The molecular formula is C19H18Cl2N2O5. The molecule has 1 N–H and O–H groups in total. The zero-order chi connectivity index (χ0) is 20.5. The summed E-state index contributed by atoms with van der Waals surface area (Å²) in [6.45, 7) is 1.85. The zero-order valence-corrected chi connectivity index (χ0v) is 16.7. The van der Waals surface area contributed by atoms with E-state index in [0.717, 1.165) is 0 Å². The number of amides is 1. The maximum atomic E-state index is 12.0. The number of nitrogens with one attached hydrogen (secondary N) is 1. The van der Waals surface area contributed by atoms with Crippen LogP contribution in [0.5, 0.6) is 11.5 Å². The number of benzene rings is 2. The first-order valence-electron chi connectivity index (χ1n) is 8.19. The van der Waals surface area contributed by atoms with Crippen LogP contribution in [0.1, 0.15) is 22.8 Å². The fourth-order valence-corrected chi connectivity index (χ4v) is 2.49. The van der Waals surface area contributed by atoms with Crippen LogP contribution >= 0.6 is 23.2 Å². The fraction of sp³-hybridized carbons (Fsp3) is 0.211. The summed E-state index contributed by atoms with van der Waals surface area (Å²) in [5, 5.41) is 4.67. The standard InChI is InChI=1S/C19H18Cl2N2O5/c1-3-27-16-9-12(8-15(21)18(16)28-11-17(24)26-2)10-22-23-19(25)13-4-6-14(20)7-5-13/h4-10H,3,11H2,1-2H3,(H,23,25)/b22-10-. The van der Waals surface area contributed by atoms with E-state index in [0.29, 0.717) is 28.5 Å². The molecule has 0 unspecified atom stereocenters. The van der Waals surface area contributed by atoms with Gasteiger partial charge in [-0.3, -0.25) is 4.79 Å². The third kappa shape index (κ3) is 6.14. The summed E-state index contributed by atoms with van der Waals surface area (Å²) in [5.41, 5.74) is 3.39. The minimum atomic E-state index is -0.547. The second-order valence-corrected chi connectivity index (χ2v) is 6.18. The molecule has 0 aliphatic rings. The van der Waals surface area contributed by atoms with Gasteiger partial charge in [-0.1, -0.05) is 23.2 Å². The molecule has 0 spiro atoms. The SMILES string of the molecule is CCOc1cc(/C=N\NC(=O)c2ccc(Cl)cc2)cc(Cl)c1OCC(=O)OC. The Morgan fingerprint density at radius 2 is 1.86 bits per heavy atom. The molecule has 0 heterocycles. The molecule has 0 bridgehead atoms. The van der Waals surface area contributed by atoms with Gasteiger partial charge in [0.2, 0.25) is 0 Å². The second-order valence-electron chi connectivity index (χ2n) is 5.33. The lowest BCUT2D eigenvalue weighted by molar-refractivity contribution is -0.142. The van der Waals surface area contributed by atoms with Crippen LogP contribution in [0.2, 0.25) is 10.0 Å². The first-order chi connectivity index (χ1) is 13.4. The van der Waals surface area contributed by atoms with Gasteiger partial charge in [-0.15, -0.1) is 0 Å². The zero-order valence-electron chi connectivity index (χ0n) is 15.2. The fourth-order valence-electron chi connectivity index (χ4n) is 2.09. The van der Waals surface area contributed by atoms with E-state index in [1.54, 1.807) is 43.3 Å². The van der Waals surface area contributed by atoms with Gasteiger partial charge in [-0.25, -0.2) is 10.2 Å². The quantitative estimate of drug-likeness (QED) is 0.396. The Morgan fingerprint density at radius 3 is 2.50 bits per heavy atom. The molecule has 0 aliphatic carbocycles. The molecule has 0 atom stereocenters. The van der Waals surface area contributed by atoms with Crippen molar-refractivity contribution in [3.63, 3.8) is 0 Å². The normalized spacial score (nSPS) is 10.6. The van der Waals surface area contributed by atoms with E-state index in [1.165, 1.54) is 13.3 Å². The molecule has 2 aromatic rings. The number of nitrogens with zero attached hydrogens (tertiary/aromatic N) is 1. The van der Waals surface area contributed by atoms with Crippen molar-refractivity contribution in [3.8, 4) is 11.5 Å². The average Bonchev–Trinajstić information content (AvgIpc) is 2.67. The van der Waals surface area contributed by atoms with Gasteiger partial charge in [0, 0.05) is 10.6 Å². The average molecular weight is 425 g/mol. The van der Waals surface area contributed by atoms with Crippen molar-refractivity contribution in [2.75, 3.05) is 20.3 Å². The topological polar surface area (TPSA) is 86.2 Å². The Balaban J connectivity index is 2.12. The molecule has 0 fully saturated rings. The Morgan fingerprint density at radius 1 is 1.14 bits per heavy atom. The summed E-state index contributed by atoms with van der Waals surface area (Å²) in [4.78, 5) is 23.3. The molecule has 0 aromatic heterocycles. The summed E-state index contributed by atoms with van der Waals surface area (Å²) in [5.74, 6) is -0.378. The number of hydrogen-bond acceptors (Lipinski definition) is 6. The number of carbonyl (C=O) groups is 2. The van der Waals surface area contributed by atoms with E-state index < -0.39 is 5.97 Å². The molecule has 0 aliphatic heterocycles. The van der Waals surface area contributed by atoms with Gasteiger partial charge in [-0.05, 0) is 48.9 Å². The third-order valence-corrected chi connectivity index (χ3v) is 3.91. The predicted octanol–water partition coefficient (Wildman–Crippen LogP) is 3.71. The van der Waals surface area contributed by atoms with E-state index in [9.17, 15) is 9.59 Å². The van der Waals surface area contributed by atoms with E-state index in [1.807, 2.05) is 0 Å². The van der Waals surface area contributed by atoms with Gasteiger partial charge in [0.05, 0.1) is 25.0 Å². The van der Waals surface area contributed by atoms with Crippen molar-refractivity contribution in [2.24, 2.45) is 5.10 Å². The van der Waals surface area contributed by atoms with Crippen LogP contribution in [0.25, 0.3) is 0 Å². The van der Waals surface area contributed by atoms with Crippen LogP contribution in [0.3, 0.4) is 0 Å². The first kappa shape index (κ1) is 21.5. The van der Waals surface area contributed by atoms with E-state index in [-0.39, 0.29) is 23.3 Å². The van der Waals surface area contributed by atoms with Crippen molar-refractivity contribution < 1.29 is 23.8 Å². The van der Waals surface area contributed by atoms with Crippen LogP contribution in [0.15, 0.2) is 41.5 Å². The highest BCUT2D eigenvalue weighted by molar-refractivity contribution is 6.32. The largest absolute Gasteiger partial charge is 0.490 e. The highest BCUT2D eigenvalue weighted by atomic mass is 35.5. The van der Waals surface area contributed by atoms with E-state index in [2.05, 4.69) is 15.3 Å². The van der Waals surface area contributed by atoms with Crippen LogP contribution in [-0.4, -0.2) is 38.4 Å². The van der Waals surface area contributed by atoms with Crippen LogP contribution in [0.4, 0.5) is 0 Å². The van der Waals surface area contributed by atoms with Gasteiger partial charge >= 0.3 is 5.97 Å². The van der Waals surface area contributed by atoms with Gasteiger partial charge in [-0.2, -0.15) is 5.10 Å². The lowest BCUT2D eigenvalue weighted by Crippen LogP contribution is -2.17. The second kappa shape index (κ2) is 10.5. The Labute approximate surface area is 172 Å². The molecule has 0 saturated heterocycles. The molecule has 148 valence electrons. The Bertz CT molecular complexity index is 869. The summed E-state index contributed by atoms with van der Waals surface area (Å²) in [6.07, 6.45) is 1.41. The summed E-state index contributed by atoms with van der Waals surface area (Å²) in [7, 11) is 1.26. The maximum Gasteiger partial charge on any atom is 0.343 e. The molecule has 0 saturated carbocycles. The number of rotatable bonds is 8. The Hall–Kier alpha value is -2.77. The van der Waals surface area contributed by atoms with Crippen LogP contribution < -0.4 is 14.9 Å².